The number of nitrogens with one attached hydrogen (secondary N) is 1. The number of amides is 1. The van der Waals surface area contributed by atoms with Crippen molar-refractivity contribution in [3.63, 3.8) is 0 Å². The molecule has 3 aromatic rings. The highest BCUT2D eigenvalue weighted by atomic mass is 32.2. The van der Waals surface area contributed by atoms with E-state index < -0.39 is 17.8 Å². The van der Waals surface area contributed by atoms with Crippen LogP contribution in [-0.2, 0) is 4.74 Å². The number of hydrogen-bond acceptors (Lipinski definition) is 7. The van der Waals surface area contributed by atoms with E-state index in [4.69, 9.17) is 10.5 Å². The molecule has 1 fully saturated rings. The molecule has 1 atom stereocenters. The molecule has 7 nitrogen and oxygen atoms in total. The second-order valence-electron chi connectivity index (χ2n) is 8.10. The van der Waals surface area contributed by atoms with Gasteiger partial charge in [-0.25, -0.2) is 14.4 Å². The maximum Gasteiger partial charge on any atom is 0.254 e. The Morgan fingerprint density at radius 1 is 1.29 bits per heavy atom. The average Bonchev–Trinajstić information content (AvgIpc) is 2.88. The lowest BCUT2D eigenvalue weighted by Crippen LogP contribution is -2.31. The predicted molar refractivity (Wildman–Crippen MR) is 130 cm³/mol. The molecule has 0 radical (unpaired) electrons. The number of nitrogens with two attached hydrogens (primary N) is 1. The number of anilines is 1. The predicted octanol–water partition coefficient (Wildman–Crippen LogP) is 3.94. The molecule has 0 spiro atoms. The standard InChI is InChI=1S/C25H27FN4O3S/c1-34-18-4-2-3-16(11-18)22(14-31)30-25(32)19-6-5-17(12-20(19)26)23-24(27)28-13-21(29-23)15-7-9-33-10-8-15/h2-6,11-13,15,22,31H,7-10,14H2,1H3,(H2,27,28)(H,30,32)/t22-/m1/s1. The number of aliphatic hydroxyl groups is 1. The first-order chi connectivity index (χ1) is 16.5. The minimum absolute atomic E-state index is 0.129. The van der Waals surface area contributed by atoms with Crippen LogP contribution in [0.15, 0.2) is 53.6 Å². The highest BCUT2D eigenvalue weighted by Gasteiger charge is 2.22. The summed E-state index contributed by atoms with van der Waals surface area (Å²) < 4.78 is 20.4. The van der Waals surface area contributed by atoms with Gasteiger partial charge in [-0.15, -0.1) is 11.8 Å². The van der Waals surface area contributed by atoms with E-state index in [1.54, 1.807) is 24.0 Å². The van der Waals surface area contributed by atoms with Crippen molar-refractivity contribution < 1.29 is 19.0 Å². The maximum absolute atomic E-state index is 15.0. The number of hydrogen-bond donors (Lipinski definition) is 3. The summed E-state index contributed by atoms with van der Waals surface area (Å²) in [7, 11) is 0. The number of thioether (sulfide) groups is 1. The van der Waals surface area contributed by atoms with Crippen LogP contribution in [0, 0.1) is 5.82 Å². The second kappa shape index (κ2) is 10.9. The van der Waals surface area contributed by atoms with E-state index in [2.05, 4.69) is 15.3 Å². The van der Waals surface area contributed by atoms with Gasteiger partial charge in [-0.2, -0.15) is 0 Å². The van der Waals surface area contributed by atoms with E-state index in [1.807, 2.05) is 30.5 Å². The fourth-order valence-electron chi connectivity index (χ4n) is 3.99. The van der Waals surface area contributed by atoms with Crippen LogP contribution in [0.5, 0.6) is 0 Å². The molecule has 1 aliphatic rings. The van der Waals surface area contributed by atoms with Crippen LogP contribution in [0.25, 0.3) is 11.3 Å². The number of nitrogens with zero attached hydrogens (tertiary/aromatic N) is 2. The Morgan fingerprint density at radius 2 is 2.09 bits per heavy atom. The van der Waals surface area contributed by atoms with Crippen LogP contribution in [0.3, 0.4) is 0 Å². The zero-order valence-corrected chi connectivity index (χ0v) is 19.6. The molecule has 178 valence electrons. The Hall–Kier alpha value is -3.01. The summed E-state index contributed by atoms with van der Waals surface area (Å²) in [5, 5.41) is 12.5. The maximum atomic E-state index is 15.0. The van der Waals surface area contributed by atoms with E-state index in [1.165, 1.54) is 12.1 Å². The molecule has 2 aromatic carbocycles. The van der Waals surface area contributed by atoms with Crippen LogP contribution in [0.4, 0.5) is 10.2 Å². The molecule has 0 unspecified atom stereocenters. The van der Waals surface area contributed by atoms with Gasteiger partial charge >= 0.3 is 0 Å². The van der Waals surface area contributed by atoms with Crippen molar-refractivity contribution in [3.05, 3.63) is 71.3 Å². The molecule has 9 heteroatoms. The lowest BCUT2D eigenvalue weighted by Gasteiger charge is -2.22. The number of carbonyl (C=O) groups is 1. The molecule has 1 amide bonds. The summed E-state index contributed by atoms with van der Waals surface area (Å²) in [5.41, 5.74) is 8.28. The van der Waals surface area contributed by atoms with Crippen molar-refractivity contribution in [1.82, 2.24) is 15.3 Å². The molecule has 0 saturated carbocycles. The summed E-state index contributed by atoms with van der Waals surface area (Å²) in [6.07, 6.45) is 5.29. The number of rotatable bonds is 7. The lowest BCUT2D eigenvalue weighted by molar-refractivity contribution is 0.0844. The van der Waals surface area contributed by atoms with E-state index in [-0.39, 0.29) is 23.9 Å². The van der Waals surface area contributed by atoms with Crippen molar-refractivity contribution in [1.29, 1.82) is 0 Å². The third-order valence-electron chi connectivity index (χ3n) is 5.93. The summed E-state index contributed by atoms with van der Waals surface area (Å²) in [6.45, 7) is 1.02. The molecule has 1 saturated heterocycles. The molecule has 4 rings (SSSR count). The Balaban J connectivity index is 1.55. The molecule has 0 bridgehead atoms. The van der Waals surface area contributed by atoms with Gasteiger partial charge in [0.1, 0.15) is 17.3 Å². The highest BCUT2D eigenvalue weighted by Crippen LogP contribution is 2.30. The Morgan fingerprint density at radius 3 is 2.79 bits per heavy atom. The Bertz CT molecular complexity index is 1170. The SMILES string of the molecule is CSc1cccc([C@@H](CO)NC(=O)c2ccc(-c3nc(C4CCOCC4)cnc3N)cc2F)c1. The number of halogens is 1. The summed E-state index contributed by atoms with van der Waals surface area (Å²) in [4.78, 5) is 22.7. The van der Waals surface area contributed by atoms with E-state index >= 15 is 4.39 Å². The molecule has 1 aliphatic heterocycles. The molecular formula is C25H27FN4O3S. The van der Waals surface area contributed by atoms with E-state index in [0.717, 1.165) is 29.0 Å². The fraction of sp³-hybridized carbons (Fsp3) is 0.320. The van der Waals surface area contributed by atoms with Gasteiger partial charge in [-0.05, 0) is 48.9 Å². The Labute approximate surface area is 202 Å². The first-order valence-electron chi connectivity index (χ1n) is 11.1. The van der Waals surface area contributed by atoms with E-state index in [0.29, 0.717) is 24.5 Å². The van der Waals surface area contributed by atoms with E-state index in [9.17, 15) is 9.90 Å². The largest absolute Gasteiger partial charge is 0.394 e. The van der Waals surface area contributed by atoms with Crippen molar-refractivity contribution >= 4 is 23.5 Å². The van der Waals surface area contributed by atoms with Gasteiger partial charge in [0, 0.05) is 29.6 Å². The van der Waals surface area contributed by atoms with Gasteiger partial charge in [0.05, 0.1) is 30.1 Å². The highest BCUT2D eigenvalue weighted by molar-refractivity contribution is 7.98. The number of aliphatic hydroxyl groups excluding tert-OH is 1. The third-order valence-corrected chi connectivity index (χ3v) is 6.66. The summed E-state index contributed by atoms with van der Waals surface area (Å²) >= 11 is 1.56. The minimum Gasteiger partial charge on any atom is -0.394 e. The fourth-order valence-corrected chi connectivity index (χ4v) is 4.46. The minimum atomic E-state index is -0.706. The summed E-state index contributed by atoms with van der Waals surface area (Å²) in [6, 6.07) is 11.1. The third kappa shape index (κ3) is 5.38. The van der Waals surface area contributed by atoms with Crippen molar-refractivity contribution in [2.45, 2.75) is 29.7 Å². The number of ether oxygens (including phenoxy) is 1. The average molecular weight is 483 g/mol. The van der Waals surface area contributed by atoms with Crippen LogP contribution in [0.1, 0.15) is 46.4 Å². The van der Waals surface area contributed by atoms with Crippen LogP contribution in [-0.4, -0.2) is 47.1 Å². The second-order valence-corrected chi connectivity index (χ2v) is 8.97. The van der Waals surface area contributed by atoms with Gasteiger partial charge in [-0.3, -0.25) is 4.79 Å². The zero-order valence-electron chi connectivity index (χ0n) is 18.8. The van der Waals surface area contributed by atoms with Gasteiger partial charge in [-0.1, -0.05) is 18.2 Å². The molecular weight excluding hydrogens is 455 g/mol. The zero-order chi connectivity index (χ0) is 24.1. The van der Waals surface area contributed by atoms with Crippen molar-refractivity contribution in [3.8, 4) is 11.3 Å². The quantitative estimate of drug-likeness (QED) is 0.438. The van der Waals surface area contributed by atoms with Gasteiger partial charge in [0.25, 0.3) is 5.91 Å². The van der Waals surface area contributed by atoms with Crippen molar-refractivity contribution in [2.75, 3.05) is 31.8 Å². The first kappa shape index (κ1) is 24.1. The normalized spacial score (nSPS) is 15.1. The molecule has 34 heavy (non-hydrogen) atoms. The topological polar surface area (TPSA) is 110 Å². The number of aromatic nitrogens is 2. The van der Waals surface area contributed by atoms with Gasteiger partial charge in [0.2, 0.25) is 0 Å². The smallest absolute Gasteiger partial charge is 0.254 e. The molecule has 2 heterocycles. The van der Waals surface area contributed by atoms with Crippen LogP contribution in [0.2, 0.25) is 0 Å². The number of nitrogen functional groups attached to an aromatic ring is 1. The Kier molecular flexibility index (Phi) is 7.77. The molecule has 4 N–H and O–H groups in total. The summed E-state index contributed by atoms with van der Waals surface area (Å²) in [5.74, 6) is -0.910. The van der Waals surface area contributed by atoms with Crippen LogP contribution >= 0.6 is 11.8 Å². The first-order valence-corrected chi connectivity index (χ1v) is 12.3. The number of benzene rings is 2. The van der Waals surface area contributed by atoms with Crippen LogP contribution < -0.4 is 11.1 Å². The van der Waals surface area contributed by atoms with Crippen molar-refractivity contribution in [2.24, 2.45) is 0 Å². The molecule has 0 aliphatic carbocycles. The van der Waals surface area contributed by atoms with Gasteiger partial charge < -0.3 is 20.9 Å². The number of carbonyl (C=O) groups excluding carboxylic acids is 1. The van der Waals surface area contributed by atoms with Gasteiger partial charge in [0.15, 0.2) is 0 Å². The lowest BCUT2D eigenvalue weighted by atomic mass is 9.96. The monoisotopic (exact) mass is 482 g/mol. The molecule has 1 aromatic heterocycles.